The van der Waals surface area contributed by atoms with Crippen molar-refractivity contribution in [3.63, 3.8) is 0 Å². The molecule has 0 aromatic carbocycles. The topological polar surface area (TPSA) is 310 Å². The standard InChI is InChI=1S/C6H16O18P4.K/c7-1-3(21-25(9,10)11)2(8)5(23-27(15,16)17)6(24-28(18,19)20)4(1)22-26(12,13)14;/h1-8H,(H2,9,10,11)(H2,12,13,14)(H2,15,16,17)(H2,18,19,20);/q;+1/p-1/t1-,2-,3?,4-,5+,6?;/m0./s1. The quantitative estimate of drug-likeness (QED) is 0.102. The van der Waals surface area contributed by atoms with Gasteiger partial charge in [0, 0.05) is 0 Å². The van der Waals surface area contributed by atoms with E-state index in [2.05, 4.69) is 18.1 Å². The second-order valence-electron chi connectivity index (χ2n) is 5.20. The Morgan fingerprint density at radius 1 is 0.552 bits per heavy atom. The summed E-state index contributed by atoms with van der Waals surface area (Å²) < 4.78 is 60.2. The molecule has 7 atom stereocenters. The number of aliphatic hydroxyl groups is 2. The van der Waals surface area contributed by atoms with Gasteiger partial charge in [0.1, 0.15) is 36.6 Å². The van der Waals surface area contributed by atoms with Crippen molar-refractivity contribution < 1.29 is 137 Å². The Bertz CT molecular complexity index is 695. The van der Waals surface area contributed by atoms with Crippen LogP contribution >= 0.6 is 31.3 Å². The molecule has 0 aromatic rings. The SMILES string of the molecule is O=P([O-])(O)OC1[C@H](O)[C@H](OP(=O)(O)O)C(OP(=O)(O)O)[C@H](OP(=O)(O)O)[C@H]1O.[K+]. The molecule has 23 heteroatoms. The van der Waals surface area contributed by atoms with Crippen molar-refractivity contribution in [3.05, 3.63) is 0 Å². The van der Waals surface area contributed by atoms with Gasteiger partial charge in [0.2, 0.25) is 0 Å². The number of hydrogen-bond donors (Lipinski definition) is 9. The van der Waals surface area contributed by atoms with Crippen LogP contribution in [0.25, 0.3) is 0 Å². The molecule has 1 rings (SSSR count). The van der Waals surface area contributed by atoms with Gasteiger partial charge in [-0.2, -0.15) is 0 Å². The largest absolute Gasteiger partial charge is 1.00 e. The fourth-order valence-electron chi connectivity index (χ4n) is 2.27. The van der Waals surface area contributed by atoms with E-state index in [0.29, 0.717) is 0 Å². The van der Waals surface area contributed by atoms with E-state index in [4.69, 9.17) is 34.3 Å². The van der Waals surface area contributed by atoms with E-state index < -0.39 is 67.9 Å². The number of phosphoric ester groups is 4. The summed E-state index contributed by atoms with van der Waals surface area (Å²) in [6.45, 7) is 0. The molecule has 29 heavy (non-hydrogen) atoms. The maximum Gasteiger partial charge on any atom is 1.00 e. The molecule has 0 spiro atoms. The molecule has 0 aromatic heterocycles. The Balaban J connectivity index is 0.00000784. The van der Waals surface area contributed by atoms with E-state index in [1.54, 1.807) is 0 Å². The minimum absolute atomic E-state index is 0. The molecule has 0 bridgehead atoms. The summed E-state index contributed by atoms with van der Waals surface area (Å²) in [4.78, 5) is 72.8. The van der Waals surface area contributed by atoms with E-state index in [1.165, 1.54) is 0 Å². The van der Waals surface area contributed by atoms with Gasteiger partial charge >= 0.3 is 74.9 Å². The van der Waals surface area contributed by atoms with Crippen molar-refractivity contribution in [2.24, 2.45) is 0 Å². The zero-order valence-electron chi connectivity index (χ0n) is 14.0. The number of phosphoric acid groups is 4. The monoisotopic (exact) mass is 538 g/mol. The van der Waals surface area contributed by atoms with E-state index in [0.717, 1.165) is 0 Å². The molecular weight excluding hydrogens is 523 g/mol. The molecule has 1 saturated carbocycles. The zero-order chi connectivity index (χ0) is 22.3. The zero-order valence-corrected chi connectivity index (χ0v) is 20.7. The molecule has 0 saturated heterocycles. The van der Waals surface area contributed by atoms with Crippen LogP contribution in [0.5, 0.6) is 0 Å². The van der Waals surface area contributed by atoms with Gasteiger partial charge in [-0.25, -0.2) is 13.7 Å². The summed E-state index contributed by atoms with van der Waals surface area (Å²) in [6, 6.07) is 0. The van der Waals surface area contributed by atoms with Gasteiger partial charge < -0.3 is 53.9 Å². The fraction of sp³-hybridized carbons (Fsp3) is 1.00. The van der Waals surface area contributed by atoms with Crippen molar-refractivity contribution in [3.8, 4) is 0 Å². The predicted octanol–water partition coefficient (Wildman–Crippen LogP) is -6.99. The summed E-state index contributed by atoms with van der Waals surface area (Å²) in [5, 5.41) is 20.0. The van der Waals surface area contributed by atoms with Gasteiger partial charge in [0.25, 0.3) is 7.82 Å². The van der Waals surface area contributed by atoms with Crippen LogP contribution in [0.15, 0.2) is 0 Å². The van der Waals surface area contributed by atoms with Gasteiger partial charge in [-0.1, -0.05) is 0 Å². The smallest absolute Gasteiger partial charge is 0.756 e. The summed E-state index contributed by atoms with van der Waals surface area (Å²) in [7, 11) is -22.7. The molecule has 18 nitrogen and oxygen atoms in total. The van der Waals surface area contributed by atoms with E-state index in [9.17, 15) is 33.4 Å². The predicted molar refractivity (Wildman–Crippen MR) is 77.5 cm³/mol. The molecule has 0 aliphatic heterocycles. The molecule has 3 unspecified atom stereocenters. The minimum atomic E-state index is -5.79. The van der Waals surface area contributed by atoms with Gasteiger partial charge in [0.05, 0.1) is 0 Å². The van der Waals surface area contributed by atoms with Crippen LogP contribution in [-0.2, 0) is 36.4 Å². The van der Waals surface area contributed by atoms with Crippen molar-refractivity contribution in [1.82, 2.24) is 0 Å². The van der Waals surface area contributed by atoms with Crippen LogP contribution in [0.3, 0.4) is 0 Å². The van der Waals surface area contributed by atoms with E-state index in [-0.39, 0.29) is 51.4 Å². The summed E-state index contributed by atoms with van der Waals surface area (Å²) in [5.41, 5.74) is 0. The number of aliphatic hydroxyl groups excluding tert-OH is 2. The first kappa shape index (κ1) is 31.0. The molecule has 0 heterocycles. The molecule has 168 valence electrons. The van der Waals surface area contributed by atoms with Gasteiger partial charge in [-0.15, -0.1) is 0 Å². The Morgan fingerprint density at radius 3 is 1.07 bits per heavy atom. The van der Waals surface area contributed by atoms with Crippen LogP contribution in [-0.4, -0.2) is 81.1 Å². The van der Waals surface area contributed by atoms with E-state index in [1.807, 2.05) is 0 Å². The molecule has 0 amide bonds. The summed E-state index contributed by atoms with van der Waals surface area (Å²) >= 11 is 0. The molecule has 1 aliphatic rings. The first-order chi connectivity index (χ1) is 12.2. The Kier molecular flexibility index (Phi) is 11.7. The maximum atomic E-state index is 11.1. The Labute approximate surface area is 203 Å². The third kappa shape index (κ3) is 11.1. The molecular formula is C6H15KO18P4. The van der Waals surface area contributed by atoms with Crippen LogP contribution < -0.4 is 56.3 Å². The number of rotatable bonds is 8. The van der Waals surface area contributed by atoms with Crippen LogP contribution in [0, 0.1) is 0 Å². The molecule has 1 aliphatic carbocycles. The van der Waals surface area contributed by atoms with Crippen molar-refractivity contribution >= 4 is 31.3 Å². The second kappa shape index (κ2) is 10.9. The minimum Gasteiger partial charge on any atom is -0.756 e. The normalized spacial score (nSPS) is 33.6. The van der Waals surface area contributed by atoms with Crippen LogP contribution in [0.1, 0.15) is 0 Å². The third-order valence-electron chi connectivity index (χ3n) is 3.03. The summed E-state index contributed by atoms with van der Waals surface area (Å²) in [6.07, 6.45) is -16.1. The Morgan fingerprint density at radius 2 is 0.828 bits per heavy atom. The first-order valence-corrected chi connectivity index (χ1v) is 12.6. The van der Waals surface area contributed by atoms with Crippen molar-refractivity contribution in [2.45, 2.75) is 36.6 Å². The van der Waals surface area contributed by atoms with Gasteiger partial charge in [-0.05, 0) is 0 Å². The maximum absolute atomic E-state index is 11.1. The molecule has 9 N–H and O–H groups in total. The average Bonchev–Trinajstić information content (AvgIpc) is 2.39. The Hall–Kier alpha value is 2.00. The molecule has 1 fully saturated rings. The third-order valence-corrected chi connectivity index (χ3v) is 5.09. The number of hydrogen-bond acceptors (Lipinski definition) is 11. The van der Waals surface area contributed by atoms with Crippen molar-refractivity contribution in [1.29, 1.82) is 0 Å². The van der Waals surface area contributed by atoms with Gasteiger partial charge in [-0.3, -0.25) is 18.1 Å². The van der Waals surface area contributed by atoms with Crippen LogP contribution in [0.2, 0.25) is 0 Å². The van der Waals surface area contributed by atoms with E-state index >= 15 is 0 Å². The molecule has 0 radical (unpaired) electrons. The summed E-state index contributed by atoms with van der Waals surface area (Å²) in [5.74, 6) is 0. The van der Waals surface area contributed by atoms with Gasteiger partial charge in [0.15, 0.2) is 0 Å². The van der Waals surface area contributed by atoms with Crippen LogP contribution in [0.4, 0.5) is 0 Å². The van der Waals surface area contributed by atoms with Crippen molar-refractivity contribution in [2.75, 3.05) is 0 Å². The average molecular weight is 538 g/mol. The second-order valence-corrected chi connectivity index (χ2v) is 9.93. The first-order valence-electron chi connectivity index (χ1n) is 6.50. The fourth-order valence-corrected chi connectivity index (χ4v) is 4.51.